The second-order valence-corrected chi connectivity index (χ2v) is 6.97. The molecule has 8 nitrogen and oxygen atoms in total. The number of hydrogen-bond donors (Lipinski definition) is 1. The van der Waals surface area contributed by atoms with E-state index in [1.807, 2.05) is 7.05 Å². The third kappa shape index (κ3) is 3.08. The van der Waals surface area contributed by atoms with E-state index in [2.05, 4.69) is 44.4 Å². The van der Waals surface area contributed by atoms with Crippen LogP contribution in [0.4, 0.5) is 5.82 Å². The van der Waals surface area contributed by atoms with Crippen LogP contribution in [0.25, 0.3) is 11.0 Å². The summed E-state index contributed by atoms with van der Waals surface area (Å²) >= 11 is 0. The summed E-state index contributed by atoms with van der Waals surface area (Å²) in [5.41, 5.74) is 0.820. The van der Waals surface area contributed by atoms with Gasteiger partial charge in [-0.2, -0.15) is 10.1 Å². The van der Waals surface area contributed by atoms with Gasteiger partial charge in [-0.1, -0.05) is 31.8 Å². The zero-order valence-electron chi connectivity index (χ0n) is 14.9. The van der Waals surface area contributed by atoms with Gasteiger partial charge < -0.3 is 9.84 Å². The molecule has 1 N–H and O–H groups in total. The average Bonchev–Trinajstić information content (AvgIpc) is 3.33. The van der Waals surface area contributed by atoms with Crippen molar-refractivity contribution in [2.45, 2.75) is 57.9 Å². The second kappa shape index (κ2) is 6.42. The van der Waals surface area contributed by atoms with E-state index in [4.69, 9.17) is 4.52 Å². The third-order valence-corrected chi connectivity index (χ3v) is 4.73. The fraction of sp³-hybridized carbons (Fsp3) is 0.588. The highest BCUT2D eigenvalue weighted by Gasteiger charge is 2.23. The molecule has 3 heterocycles. The van der Waals surface area contributed by atoms with E-state index >= 15 is 0 Å². The summed E-state index contributed by atoms with van der Waals surface area (Å²) in [5.74, 6) is 3.64. The molecule has 0 aromatic carbocycles. The summed E-state index contributed by atoms with van der Waals surface area (Å²) in [7, 11) is 1.89. The molecule has 1 aliphatic rings. The van der Waals surface area contributed by atoms with E-state index < -0.39 is 0 Å². The second-order valence-electron chi connectivity index (χ2n) is 6.97. The van der Waals surface area contributed by atoms with Crippen LogP contribution in [-0.2, 0) is 13.6 Å². The maximum atomic E-state index is 5.44. The van der Waals surface area contributed by atoms with Gasteiger partial charge in [0.1, 0.15) is 11.6 Å². The van der Waals surface area contributed by atoms with Gasteiger partial charge in [0.2, 0.25) is 5.89 Å². The quantitative estimate of drug-likeness (QED) is 0.761. The van der Waals surface area contributed by atoms with Gasteiger partial charge >= 0.3 is 0 Å². The van der Waals surface area contributed by atoms with E-state index in [1.165, 1.54) is 12.8 Å². The van der Waals surface area contributed by atoms with Gasteiger partial charge in [-0.15, -0.1) is 0 Å². The van der Waals surface area contributed by atoms with Crippen molar-refractivity contribution in [3.8, 4) is 0 Å². The first-order chi connectivity index (χ1) is 12.1. The molecule has 1 saturated carbocycles. The topological polar surface area (TPSA) is 94.5 Å². The van der Waals surface area contributed by atoms with Crippen LogP contribution in [0.5, 0.6) is 0 Å². The predicted molar refractivity (Wildman–Crippen MR) is 93.2 cm³/mol. The van der Waals surface area contributed by atoms with Crippen LogP contribution in [0.2, 0.25) is 0 Å². The Morgan fingerprint density at radius 2 is 2.04 bits per heavy atom. The fourth-order valence-electron chi connectivity index (χ4n) is 3.27. The standard InChI is InChI=1S/C17H23N7O/c1-10(2)14-21-15(12-8-19-24(3)16(12)22-14)18-9-13-20-17(25-23-13)11-6-4-5-7-11/h8,10-11H,4-7,9H2,1-3H3,(H,18,21,22). The van der Waals surface area contributed by atoms with Crippen LogP contribution < -0.4 is 5.32 Å². The van der Waals surface area contributed by atoms with E-state index in [1.54, 1.807) is 10.9 Å². The van der Waals surface area contributed by atoms with Crippen LogP contribution >= 0.6 is 0 Å². The summed E-state index contributed by atoms with van der Waals surface area (Å²) < 4.78 is 7.20. The molecule has 3 aromatic heterocycles. The molecule has 0 unspecified atom stereocenters. The SMILES string of the molecule is CC(C)c1nc(NCc2noc(C3CCCC3)n2)c2cnn(C)c2n1. The van der Waals surface area contributed by atoms with Crippen molar-refractivity contribution in [3.63, 3.8) is 0 Å². The zero-order chi connectivity index (χ0) is 17.4. The Morgan fingerprint density at radius 3 is 2.80 bits per heavy atom. The monoisotopic (exact) mass is 341 g/mol. The summed E-state index contributed by atoms with van der Waals surface area (Å²) in [6, 6.07) is 0. The first-order valence-electron chi connectivity index (χ1n) is 8.88. The lowest BCUT2D eigenvalue weighted by atomic mass is 10.1. The van der Waals surface area contributed by atoms with Crippen molar-refractivity contribution in [1.82, 2.24) is 29.9 Å². The zero-order valence-corrected chi connectivity index (χ0v) is 14.9. The first kappa shape index (κ1) is 16.0. The van der Waals surface area contributed by atoms with Crippen molar-refractivity contribution < 1.29 is 4.52 Å². The Hall–Kier alpha value is -2.51. The molecule has 3 aromatic rings. The Labute approximate surface area is 146 Å². The number of fused-ring (bicyclic) bond motifs is 1. The largest absolute Gasteiger partial charge is 0.362 e. The molecule has 0 saturated heterocycles. The average molecular weight is 341 g/mol. The molecule has 0 atom stereocenters. The molecule has 1 aliphatic carbocycles. The van der Waals surface area contributed by atoms with Crippen molar-refractivity contribution in [1.29, 1.82) is 0 Å². The third-order valence-electron chi connectivity index (χ3n) is 4.73. The van der Waals surface area contributed by atoms with Gasteiger partial charge in [0.15, 0.2) is 11.5 Å². The normalized spacial score (nSPS) is 15.5. The van der Waals surface area contributed by atoms with Crippen molar-refractivity contribution in [2.24, 2.45) is 7.05 Å². The van der Waals surface area contributed by atoms with Gasteiger partial charge in [-0.25, -0.2) is 9.97 Å². The Morgan fingerprint density at radius 1 is 1.24 bits per heavy atom. The maximum Gasteiger partial charge on any atom is 0.229 e. The summed E-state index contributed by atoms with van der Waals surface area (Å²) in [4.78, 5) is 13.8. The number of rotatable bonds is 5. The minimum absolute atomic E-state index is 0.235. The smallest absolute Gasteiger partial charge is 0.229 e. The minimum atomic E-state index is 0.235. The van der Waals surface area contributed by atoms with E-state index in [0.717, 1.165) is 41.4 Å². The number of anilines is 1. The molecule has 1 fully saturated rings. The number of hydrogen-bond acceptors (Lipinski definition) is 7. The molecular formula is C17H23N7O. The molecule has 0 radical (unpaired) electrons. The molecular weight excluding hydrogens is 318 g/mol. The minimum Gasteiger partial charge on any atom is -0.362 e. The lowest BCUT2D eigenvalue weighted by molar-refractivity contribution is 0.350. The lowest BCUT2D eigenvalue weighted by Gasteiger charge is -2.09. The lowest BCUT2D eigenvalue weighted by Crippen LogP contribution is -2.08. The highest BCUT2D eigenvalue weighted by Crippen LogP contribution is 2.33. The highest BCUT2D eigenvalue weighted by molar-refractivity contribution is 5.86. The summed E-state index contributed by atoms with van der Waals surface area (Å²) in [6.07, 6.45) is 6.57. The van der Waals surface area contributed by atoms with Crippen LogP contribution in [0.3, 0.4) is 0 Å². The number of aryl methyl sites for hydroxylation is 1. The van der Waals surface area contributed by atoms with Crippen molar-refractivity contribution in [2.75, 3.05) is 5.32 Å². The Kier molecular flexibility index (Phi) is 4.10. The van der Waals surface area contributed by atoms with Gasteiger partial charge in [-0.3, -0.25) is 4.68 Å². The fourth-order valence-corrected chi connectivity index (χ4v) is 3.27. The predicted octanol–water partition coefficient (Wildman–Crippen LogP) is 3.14. The van der Waals surface area contributed by atoms with Crippen LogP contribution in [0.1, 0.15) is 68.9 Å². The van der Waals surface area contributed by atoms with E-state index in [0.29, 0.717) is 18.3 Å². The summed E-state index contributed by atoms with van der Waals surface area (Å²) in [6.45, 7) is 4.62. The van der Waals surface area contributed by atoms with Gasteiger partial charge in [-0.05, 0) is 12.8 Å². The molecule has 8 heteroatoms. The van der Waals surface area contributed by atoms with Gasteiger partial charge in [0.25, 0.3) is 0 Å². The van der Waals surface area contributed by atoms with Crippen LogP contribution in [-0.4, -0.2) is 29.9 Å². The molecule has 0 spiro atoms. The van der Waals surface area contributed by atoms with E-state index in [-0.39, 0.29) is 5.92 Å². The molecule has 0 bridgehead atoms. The Bertz CT molecular complexity index is 876. The number of aromatic nitrogens is 6. The molecule has 0 aliphatic heterocycles. The van der Waals surface area contributed by atoms with Gasteiger partial charge in [0.05, 0.1) is 18.1 Å². The summed E-state index contributed by atoms with van der Waals surface area (Å²) in [5, 5.41) is 12.6. The molecule has 4 rings (SSSR count). The molecule has 132 valence electrons. The van der Waals surface area contributed by atoms with Gasteiger partial charge in [0, 0.05) is 18.9 Å². The highest BCUT2D eigenvalue weighted by atomic mass is 16.5. The molecule has 0 amide bonds. The first-order valence-corrected chi connectivity index (χ1v) is 8.88. The Balaban J connectivity index is 1.56. The van der Waals surface area contributed by atoms with E-state index in [9.17, 15) is 0 Å². The van der Waals surface area contributed by atoms with Crippen molar-refractivity contribution in [3.05, 3.63) is 23.7 Å². The van der Waals surface area contributed by atoms with Crippen LogP contribution in [0.15, 0.2) is 10.7 Å². The number of nitrogens with one attached hydrogen (secondary N) is 1. The van der Waals surface area contributed by atoms with Crippen molar-refractivity contribution >= 4 is 16.9 Å². The maximum absolute atomic E-state index is 5.44. The van der Waals surface area contributed by atoms with Crippen LogP contribution in [0, 0.1) is 0 Å². The number of nitrogens with zero attached hydrogens (tertiary/aromatic N) is 6. The molecule has 25 heavy (non-hydrogen) atoms.